The minimum absolute atomic E-state index is 0.119. The Morgan fingerprint density at radius 1 is 1.56 bits per heavy atom. The summed E-state index contributed by atoms with van der Waals surface area (Å²) in [6, 6.07) is 6.75. The van der Waals surface area contributed by atoms with Gasteiger partial charge in [-0.2, -0.15) is 0 Å². The van der Waals surface area contributed by atoms with Crippen molar-refractivity contribution in [3.05, 3.63) is 35.9 Å². The maximum atomic E-state index is 10.3. The minimum Gasteiger partial charge on any atom is -0.508 e. The second kappa shape index (κ2) is 5.80. The van der Waals surface area contributed by atoms with Crippen LogP contribution in [0.3, 0.4) is 0 Å². The fourth-order valence-electron chi connectivity index (χ4n) is 1.31. The highest BCUT2D eigenvalue weighted by molar-refractivity contribution is 5.64. The van der Waals surface area contributed by atoms with Crippen LogP contribution in [0.15, 0.2) is 30.3 Å². The molecule has 1 atom stereocenters. The van der Waals surface area contributed by atoms with Crippen molar-refractivity contribution >= 4 is 12.2 Å². The summed E-state index contributed by atoms with van der Waals surface area (Å²) in [5, 5.41) is 20.0. The lowest BCUT2D eigenvalue weighted by Gasteiger charge is -2.07. The van der Waals surface area contributed by atoms with E-state index in [0.29, 0.717) is 6.42 Å². The Labute approximate surface area is 94.2 Å². The monoisotopic (exact) mass is 221 g/mol. The second-order valence-corrected chi connectivity index (χ2v) is 3.58. The summed E-state index contributed by atoms with van der Waals surface area (Å²) in [4.78, 5) is 10.3. The molecule has 16 heavy (non-hydrogen) atoms. The van der Waals surface area contributed by atoms with Crippen LogP contribution in [0.1, 0.15) is 18.9 Å². The van der Waals surface area contributed by atoms with Gasteiger partial charge in [0, 0.05) is 6.04 Å². The van der Waals surface area contributed by atoms with Gasteiger partial charge >= 0.3 is 6.09 Å². The van der Waals surface area contributed by atoms with Crippen molar-refractivity contribution in [2.45, 2.75) is 19.4 Å². The molecule has 0 aliphatic rings. The van der Waals surface area contributed by atoms with Gasteiger partial charge in [0.2, 0.25) is 0 Å². The van der Waals surface area contributed by atoms with Crippen LogP contribution < -0.4 is 5.32 Å². The summed E-state index contributed by atoms with van der Waals surface area (Å²) < 4.78 is 0. The van der Waals surface area contributed by atoms with Crippen molar-refractivity contribution in [1.29, 1.82) is 0 Å². The molecule has 1 unspecified atom stereocenters. The van der Waals surface area contributed by atoms with E-state index in [1.54, 1.807) is 25.1 Å². The van der Waals surface area contributed by atoms with Gasteiger partial charge in [-0.25, -0.2) is 4.79 Å². The molecule has 0 heterocycles. The lowest BCUT2D eigenvalue weighted by molar-refractivity contribution is 0.191. The number of nitrogens with one attached hydrogen (secondary N) is 1. The van der Waals surface area contributed by atoms with Gasteiger partial charge in [-0.05, 0) is 31.0 Å². The van der Waals surface area contributed by atoms with Crippen molar-refractivity contribution in [3.8, 4) is 5.75 Å². The number of rotatable bonds is 4. The SMILES string of the molecule is CC(CC=Cc1cccc(O)c1)NC(=O)O. The second-order valence-electron chi connectivity index (χ2n) is 3.58. The molecule has 0 aliphatic heterocycles. The highest BCUT2D eigenvalue weighted by atomic mass is 16.4. The van der Waals surface area contributed by atoms with E-state index in [9.17, 15) is 9.90 Å². The predicted molar refractivity (Wildman–Crippen MR) is 62.4 cm³/mol. The Morgan fingerprint density at radius 2 is 2.31 bits per heavy atom. The maximum absolute atomic E-state index is 10.3. The number of amides is 1. The zero-order valence-electron chi connectivity index (χ0n) is 9.05. The van der Waals surface area contributed by atoms with Gasteiger partial charge in [0.25, 0.3) is 0 Å². The molecule has 0 bridgehead atoms. The first-order valence-electron chi connectivity index (χ1n) is 5.03. The van der Waals surface area contributed by atoms with Crippen molar-refractivity contribution < 1.29 is 15.0 Å². The summed E-state index contributed by atoms with van der Waals surface area (Å²) in [6.07, 6.45) is 3.31. The molecule has 0 saturated heterocycles. The van der Waals surface area contributed by atoms with Crippen molar-refractivity contribution in [2.75, 3.05) is 0 Å². The van der Waals surface area contributed by atoms with Gasteiger partial charge in [0.05, 0.1) is 0 Å². The van der Waals surface area contributed by atoms with Gasteiger partial charge in [0.15, 0.2) is 0 Å². The van der Waals surface area contributed by atoms with E-state index in [4.69, 9.17) is 5.11 Å². The Balaban J connectivity index is 2.45. The Hall–Kier alpha value is -1.97. The van der Waals surface area contributed by atoms with Crippen LogP contribution in [0.5, 0.6) is 5.75 Å². The largest absolute Gasteiger partial charge is 0.508 e. The molecule has 1 aromatic carbocycles. The molecule has 4 heteroatoms. The van der Waals surface area contributed by atoms with Crippen molar-refractivity contribution in [3.63, 3.8) is 0 Å². The van der Waals surface area contributed by atoms with Gasteiger partial charge in [-0.3, -0.25) is 0 Å². The van der Waals surface area contributed by atoms with Gasteiger partial charge in [-0.1, -0.05) is 24.3 Å². The van der Waals surface area contributed by atoms with E-state index in [1.165, 1.54) is 0 Å². The molecule has 0 fully saturated rings. The molecule has 0 saturated carbocycles. The fraction of sp³-hybridized carbons (Fsp3) is 0.250. The van der Waals surface area contributed by atoms with E-state index in [2.05, 4.69) is 5.32 Å². The lowest BCUT2D eigenvalue weighted by atomic mass is 10.1. The first kappa shape index (κ1) is 12.1. The first-order valence-corrected chi connectivity index (χ1v) is 5.03. The van der Waals surface area contributed by atoms with Gasteiger partial charge in [0.1, 0.15) is 5.75 Å². The van der Waals surface area contributed by atoms with Crippen LogP contribution >= 0.6 is 0 Å². The molecule has 0 aliphatic carbocycles. The number of hydrogen-bond donors (Lipinski definition) is 3. The van der Waals surface area contributed by atoms with E-state index >= 15 is 0 Å². The smallest absolute Gasteiger partial charge is 0.404 e. The lowest BCUT2D eigenvalue weighted by Crippen LogP contribution is -2.30. The van der Waals surface area contributed by atoms with Crippen molar-refractivity contribution in [2.24, 2.45) is 0 Å². The van der Waals surface area contributed by atoms with E-state index in [-0.39, 0.29) is 11.8 Å². The molecule has 3 N–H and O–H groups in total. The quantitative estimate of drug-likeness (QED) is 0.731. The number of phenols is 1. The third-order valence-electron chi connectivity index (χ3n) is 2.04. The molecule has 1 amide bonds. The minimum atomic E-state index is -1.02. The van der Waals surface area contributed by atoms with Crippen LogP contribution in [-0.2, 0) is 0 Å². The molecular weight excluding hydrogens is 206 g/mol. The average Bonchev–Trinajstić information content (AvgIpc) is 2.16. The number of aromatic hydroxyl groups is 1. The summed E-state index contributed by atoms with van der Waals surface area (Å²) in [5.41, 5.74) is 0.891. The number of carbonyl (C=O) groups is 1. The van der Waals surface area contributed by atoms with Crippen LogP contribution in [0.2, 0.25) is 0 Å². The van der Waals surface area contributed by atoms with Crippen molar-refractivity contribution in [1.82, 2.24) is 5.32 Å². The summed E-state index contributed by atoms with van der Waals surface area (Å²) in [5.74, 6) is 0.221. The average molecular weight is 221 g/mol. The van der Waals surface area contributed by atoms with Crippen LogP contribution in [0.25, 0.3) is 6.08 Å². The Morgan fingerprint density at radius 3 is 2.94 bits per heavy atom. The third kappa shape index (κ3) is 4.50. The molecule has 4 nitrogen and oxygen atoms in total. The molecule has 0 aromatic heterocycles. The molecule has 1 rings (SSSR count). The summed E-state index contributed by atoms with van der Waals surface area (Å²) >= 11 is 0. The summed E-state index contributed by atoms with van der Waals surface area (Å²) in [7, 11) is 0. The third-order valence-corrected chi connectivity index (χ3v) is 2.04. The molecular formula is C12H15NO3. The van der Waals surface area contributed by atoms with E-state index in [0.717, 1.165) is 5.56 Å². The highest BCUT2D eigenvalue weighted by Gasteiger charge is 2.01. The van der Waals surface area contributed by atoms with E-state index < -0.39 is 6.09 Å². The number of hydrogen-bond acceptors (Lipinski definition) is 2. The molecule has 86 valence electrons. The molecule has 0 spiro atoms. The number of benzene rings is 1. The summed E-state index contributed by atoms with van der Waals surface area (Å²) in [6.45, 7) is 1.79. The van der Waals surface area contributed by atoms with Gasteiger partial charge in [-0.15, -0.1) is 0 Å². The molecule has 1 aromatic rings. The van der Waals surface area contributed by atoms with E-state index in [1.807, 2.05) is 18.2 Å². The predicted octanol–water partition coefficient (Wildman–Crippen LogP) is 2.45. The highest BCUT2D eigenvalue weighted by Crippen LogP contribution is 2.12. The Kier molecular flexibility index (Phi) is 4.39. The van der Waals surface area contributed by atoms with Gasteiger partial charge < -0.3 is 15.5 Å². The zero-order chi connectivity index (χ0) is 12.0. The fourth-order valence-corrected chi connectivity index (χ4v) is 1.31. The Bertz CT molecular complexity index is 388. The van der Waals surface area contributed by atoms with Crippen LogP contribution in [-0.4, -0.2) is 22.3 Å². The van der Waals surface area contributed by atoms with Crippen LogP contribution in [0.4, 0.5) is 4.79 Å². The normalized spacial score (nSPS) is 12.6. The van der Waals surface area contributed by atoms with Crippen LogP contribution in [0, 0.1) is 0 Å². The topological polar surface area (TPSA) is 69.6 Å². The molecule has 0 radical (unpaired) electrons. The zero-order valence-corrected chi connectivity index (χ0v) is 9.05. The standard InChI is InChI=1S/C12H15NO3/c1-9(13-12(15)16)4-2-5-10-6-3-7-11(14)8-10/h2-3,5-9,13-14H,4H2,1H3,(H,15,16). The number of phenolic OH excluding ortho intramolecular Hbond substituents is 1. The maximum Gasteiger partial charge on any atom is 0.404 e. The first-order chi connectivity index (χ1) is 7.58. The number of carboxylic acid groups (broad SMARTS) is 1.